The summed E-state index contributed by atoms with van der Waals surface area (Å²) < 4.78 is 11.8. The van der Waals surface area contributed by atoms with Gasteiger partial charge in [-0.2, -0.15) is 5.10 Å². The van der Waals surface area contributed by atoms with Gasteiger partial charge < -0.3 is 14.8 Å². The third-order valence-electron chi connectivity index (χ3n) is 4.98. The Balaban J connectivity index is 1.77. The van der Waals surface area contributed by atoms with E-state index < -0.39 is 0 Å². The van der Waals surface area contributed by atoms with Crippen molar-refractivity contribution in [3.8, 4) is 11.4 Å². The Bertz CT molecular complexity index is 1050. The summed E-state index contributed by atoms with van der Waals surface area (Å²) in [5.41, 5.74) is 4.84. The minimum atomic E-state index is -0.244. The van der Waals surface area contributed by atoms with Crippen LogP contribution in [0, 0.1) is 13.8 Å². The normalized spacial score (nSPS) is 10.5. The summed E-state index contributed by atoms with van der Waals surface area (Å²) in [6.45, 7) is 3.89. The van der Waals surface area contributed by atoms with Crippen molar-refractivity contribution >= 4 is 17.6 Å². The second-order valence-corrected chi connectivity index (χ2v) is 6.84. The predicted octanol–water partition coefficient (Wildman–Crippen LogP) is 3.86. The van der Waals surface area contributed by atoms with E-state index in [1.165, 1.54) is 7.11 Å². The highest BCUT2D eigenvalue weighted by Crippen LogP contribution is 2.24. The van der Waals surface area contributed by atoms with E-state index in [-0.39, 0.29) is 11.9 Å². The number of anilines is 1. The number of hydrogen-bond acceptors (Lipinski definition) is 5. The van der Waals surface area contributed by atoms with Gasteiger partial charge in [-0.05, 0) is 62.2 Å². The summed E-state index contributed by atoms with van der Waals surface area (Å²) in [5.74, 6) is 0.134. The number of amides is 1. The van der Waals surface area contributed by atoms with Crippen molar-refractivity contribution in [1.82, 2.24) is 9.78 Å². The lowest BCUT2D eigenvalue weighted by Gasteiger charge is -2.10. The Morgan fingerprint density at radius 2 is 1.73 bits per heavy atom. The standard InChI is InChI=1S/C23H25N3O4/c1-15-19(13-14-22(27)30-4)16(2)26(25-15)18-11-9-17(10-12-18)23(28)24-20-7-5-6-8-21(20)29-3/h5-12H,13-14H2,1-4H3,(H,24,28). The smallest absolute Gasteiger partial charge is 0.305 e. The molecule has 7 nitrogen and oxygen atoms in total. The average Bonchev–Trinajstić information content (AvgIpc) is 3.05. The molecular weight excluding hydrogens is 382 g/mol. The van der Waals surface area contributed by atoms with Crippen LogP contribution in [0.1, 0.15) is 33.7 Å². The summed E-state index contributed by atoms with van der Waals surface area (Å²) in [7, 11) is 2.95. The number of benzene rings is 2. The van der Waals surface area contributed by atoms with Crippen LogP contribution in [0.5, 0.6) is 5.75 Å². The molecule has 0 unspecified atom stereocenters. The third-order valence-corrected chi connectivity index (χ3v) is 4.98. The van der Waals surface area contributed by atoms with Crippen LogP contribution in [0.15, 0.2) is 48.5 Å². The van der Waals surface area contributed by atoms with E-state index in [4.69, 9.17) is 9.47 Å². The number of esters is 1. The summed E-state index contributed by atoms with van der Waals surface area (Å²) in [6.07, 6.45) is 0.885. The molecule has 1 heterocycles. The summed E-state index contributed by atoms with van der Waals surface area (Å²) in [5, 5.41) is 7.46. The van der Waals surface area contributed by atoms with Crippen LogP contribution in [0.4, 0.5) is 5.69 Å². The molecule has 7 heteroatoms. The predicted molar refractivity (Wildman–Crippen MR) is 114 cm³/mol. The fraction of sp³-hybridized carbons (Fsp3) is 0.261. The number of ether oxygens (including phenoxy) is 2. The molecule has 0 aliphatic rings. The maximum atomic E-state index is 12.6. The maximum Gasteiger partial charge on any atom is 0.305 e. The minimum Gasteiger partial charge on any atom is -0.495 e. The van der Waals surface area contributed by atoms with Gasteiger partial charge in [-0.15, -0.1) is 0 Å². The van der Waals surface area contributed by atoms with E-state index in [9.17, 15) is 9.59 Å². The molecule has 2 aromatic carbocycles. The molecule has 0 fully saturated rings. The monoisotopic (exact) mass is 407 g/mol. The van der Waals surface area contributed by atoms with E-state index in [2.05, 4.69) is 10.4 Å². The van der Waals surface area contributed by atoms with E-state index in [0.717, 1.165) is 22.6 Å². The molecule has 30 heavy (non-hydrogen) atoms. The number of aromatic nitrogens is 2. The summed E-state index contributed by atoms with van der Waals surface area (Å²) in [4.78, 5) is 24.1. The zero-order valence-electron chi connectivity index (χ0n) is 17.6. The van der Waals surface area contributed by atoms with Gasteiger partial charge in [0.2, 0.25) is 0 Å². The van der Waals surface area contributed by atoms with Crippen LogP contribution >= 0.6 is 0 Å². The van der Waals surface area contributed by atoms with Gasteiger partial charge in [0, 0.05) is 17.7 Å². The van der Waals surface area contributed by atoms with Crippen molar-refractivity contribution < 1.29 is 19.1 Å². The van der Waals surface area contributed by atoms with Crippen LogP contribution in [-0.4, -0.2) is 35.9 Å². The van der Waals surface area contributed by atoms with Gasteiger partial charge in [0.1, 0.15) is 5.75 Å². The summed E-state index contributed by atoms with van der Waals surface area (Å²) >= 11 is 0. The molecule has 3 aromatic rings. The molecule has 0 radical (unpaired) electrons. The first kappa shape index (κ1) is 21.1. The van der Waals surface area contributed by atoms with Gasteiger partial charge in [0.05, 0.1) is 31.3 Å². The van der Waals surface area contributed by atoms with Gasteiger partial charge in [-0.25, -0.2) is 4.68 Å². The largest absolute Gasteiger partial charge is 0.495 e. The van der Waals surface area contributed by atoms with Crippen molar-refractivity contribution in [2.24, 2.45) is 0 Å². The first-order valence-corrected chi connectivity index (χ1v) is 9.61. The lowest BCUT2D eigenvalue weighted by molar-refractivity contribution is -0.140. The van der Waals surface area contributed by atoms with Gasteiger partial charge in [-0.1, -0.05) is 12.1 Å². The van der Waals surface area contributed by atoms with E-state index >= 15 is 0 Å². The molecular formula is C23H25N3O4. The number of nitrogens with one attached hydrogen (secondary N) is 1. The van der Waals surface area contributed by atoms with E-state index in [1.807, 2.05) is 42.8 Å². The van der Waals surface area contributed by atoms with E-state index in [0.29, 0.717) is 29.8 Å². The van der Waals surface area contributed by atoms with Gasteiger partial charge in [0.15, 0.2) is 0 Å². The van der Waals surface area contributed by atoms with Gasteiger partial charge in [-0.3, -0.25) is 9.59 Å². The number of carbonyl (C=O) groups excluding carboxylic acids is 2. The van der Waals surface area contributed by atoms with Crippen LogP contribution in [0.2, 0.25) is 0 Å². The highest BCUT2D eigenvalue weighted by atomic mass is 16.5. The van der Waals surface area contributed by atoms with Crippen molar-refractivity contribution in [2.45, 2.75) is 26.7 Å². The third kappa shape index (κ3) is 4.51. The summed E-state index contributed by atoms with van der Waals surface area (Å²) in [6, 6.07) is 14.5. The number of aryl methyl sites for hydroxylation is 1. The quantitative estimate of drug-likeness (QED) is 0.602. The highest BCUT2D eigenvalue weighted by molar-refractivity contribution is 6.05. The number of rotatable bonds is 7. The lowest BCUT2D eigenvalue weighted by Crippen LogP contribution is -2.12. The topological polar surface area (TPSA) is 82.5 Å². The molecule has 0 spiro atoms. The fourth-order valence-corrected chi connectivity index (χ4v) is 3.31. The second-order valence-electron chi connectivity index (χ2n) is 6.84. The van der Waals surface area contributed by atoms with Crippen LogP contribution in [0.25, 0.3) is 5.69 Å². The SMILES string of the molecule is COC(=O)CCc1c(C)nn(-c2ccc(C(=O)Nc3ccccc3OC)cc2)c1C. The Morgan fingerprint density at radius 1 is 1.03 bits per heavy atom. The van der Waals surface area contributed by atoms with Crippen molar-refractivity contribution in [2.75, 3.05) is 19.5 Å². The zero-order chi connectivity index (χ0) is 21.7. The molecule has 0 saturated heterocycles. The molecule has 1 N–H and O–H groups in total. The molecule has 0 bridgehead atoms. The highest BCUT2D eigenvalue weighted by Gasteiger charge is 2.15. The molecule has 0 atom stereocenters. The molecule has 1 amide bonds. The molecule has 0 aliphatic heterocycles. The Morgan fingerprint density at radius 3 is 2.40 bits per heavy atom. The number of methoxy groups -OCH3 is 2. The Hall–Kier alpha value is -3.61. The minimum absolute atomic E-state index is 0.224. The second kappa shape index (κ2) is 9.26. The Kier molecular flexibility index (Phi) is 6.51. The first-order chi connectivity index (χ1) is 14.4. The number of hydrogen-bond donors (Lipinski definition) is 1. The van der Waals surface area contributed by atoms with Crippen molar-refractivity contribution in [3.63, 3.8) is 0 Å². The fourth-order valence-electron chi connectivity index (χ4n) is 3.31. The number of nitrogens with zero attached hydrogens (tertiary/aromatic N) is 2. The zero-order valence-corrected chi connectivity index (χ0v) is 17.6. The Labute approximate surface area is 175 Å². The van der Waals surface area contributed by atoms with Crippen LogP contribution in [-0.2, 0) is 16.0 Å². The van der Waals surface area contributed by atoms with Crippen molar-refractivity contribution in [3.05, 3.63) is 71.0 Å². The molecule has 3 rings (SSSR count). The maximum absolute atomic E-state index is 12.6. The van der Waals surface area contributed by atoms with Crippen molar-refractivity contribution in [1.29, 1.82) is 0 Å². The van der Waals surface area contributed by atoms with Gasteiger partial charge in [0.25, 0.3) is 5.91 Å². The molecule has 0 saturated carbocycles. The first-order valence-electron chi connectivity index (χ1n) is 9.61. The molecule has 156 valence electrons. The molecule has 0 aliphatic carbocycles. The lowest BCUT2D eigenvalue weighted by atomic mass is 10.1. The molecule has 1 aromatic heterocycles. The van der Waals surface area contributed by atoms with Gasteiger partial charge >= 0.3 is 5.97 Å². The van der Waals surface area contributed by atoms with Crippen LogP contribution < -0.4 is 10.1 Å². The number of carbonyl (C=O) groups is 2. The average molecular weight is 407 g/mol. The van der Waals surface area contributed by atoms with Crippen LogP contribution in [0.3, 0.4) is 0 Å². The number of para-hydroxylation sites is 2. The van der Waals surface area contributed by atoms with E-state index in [1.54, 1.807) is 31.4 Å².